The van der Waals surface area contributed by atoms with Gasteiger partial charge in [0.1, 0.15) is 11.3 Å². The number of hydrogen-bond acceptors (Lipinski definition) is 4. The van der Waals surface area contributed by atoms with Crippen LogP contribution < -0.4 is 0 Å². The number of halogens is 1. The average molecular weight is 265 g/mol. The van der Waals surface area contributed by atoms with Gasteiger partial charge in [0.15, 0.2) is 10.8 Å². The van der Waals surface area contributed by atoms with E-state index in [0.29, 0.717) is 16.5 Å². The molecule has 0 fully saturated rings. The van der Waals surface area contributed by atoms with Gasteiger partial charge in [-0.05, 0) is 13.3 Å². The molecule has 0 spiro atoms. The number of nitrogens with zero attached hydrogens (tertiary/aromatic N) is 4. The van der Waals surface area contributed by atoms with E-state index in [4.69, 9.17) is 16.7 Å². The van der Waals surface area contributed by atoms with E-state index in [1.54, 1.807) is 6.33 Å². The van der Waals surface area contributed by atoms with Crippen molar-refractivity contribution in [2.24, 2.45) is 5.92 Å². The van der Waals surface area contributed by atoms with Gasteiger partial charge in [-0.15, -0.1) is 0 Å². The van der Waals surface area contributed by atoms with Gasteiger partial charge in [-0.2, -0.15) is 0 Å². The Kier molecular flexibility index (Phi) is 2.80. The minimum Gasteiger partial charge on any atom is -0.396 e. The molecule has 2 heterocycles. The highest BCUT2D eigenvalue weighted by Crippen LogP contribution is 2.30. The first kappa shape index (κ1) is 11.6. The lowest BCUT2D eigenvalue weighted by molar-refractivity contribution is 0.244. The van der Waals surface area contributed by atoms with Gasteiger partial charge in [0.05, 0.1) is 12.4 Å². The summed E-state index contributed by atoms with van der Waals surface area (Å²) in [5.41, 5.74) is 1.38. The van der Waals surface area contributed by atoms with Gasteiger partial charge in [-0.1, -0.05) is 23.8 Å². The monoisotopic (exact) mass is 264 g/mol. The van der Waals surface area contributed by atoms with Gasteiger partial charge in [-0.3, -0.25) is 0 Å². The molecule has 2 aromatic heterocycles. The summed E-state index contributed by atoms with van der Waals surface area (Å²) in [6.45, 7) is 1.98. The van der Waals surface area contributed by atoms with E-state index in [-0.39, 0.29) is 18.6 Å². The minimum absolute atomic E-state index is 0.175. The first-order valence-electron chi connectivity index (χ1n) is 5.85. The molecule has 1 aliphatic carbocycles. The number of imidazole rings is 1. The highest BCUT2D eigenvalue weighted by molar-refractivity contribution is 6.33. The molecule has 0 radical (unpaired) electrons. The molecule has 1 N–H and O–H groups in total. The van der Waals surface area contributed by atoms with Gasteiger partial charge < -0.3 is 9.67 Å². The van der Waals surface area contributed by atoms with Gasteiger partial charge in [0.25, 0.3) is 0 Å². The fraction of sp³-hybridized carbons (Fsp3) is 0.417. The van der Waals surface area contributed by atoms with Crippen molar-refractivity contribution in [1.29, 1.82) is 0 Å². The van der Waals surface area contributed by atoms with Crippen molar-refractivity contribution >= 4 is 22.8 Å². The van der Waals surface area contributed by atoms with E-state index in [1.165, 1.54) is 0 Å². The highest BCUT2D eigenvalue weighted by atomic mass is 35.5. The first-order valence-corrected chi connectivity index (χ1v) is 6.22. The first-order chi connectivity index (χ1) is 8.69. The Hall–Kier alpha value is -1.46. The maximum atomic E-state index is 9.16. The molecule has 0 unspecified atom stereocenters. The number of aryl methyl sites for hydroxylation is 1. The zero-order chi connectivity index (χ0) is 12.7. The Bertz CT molecular complexity index is 622. The third kappa shape index (κ3) is 1.79. The largest absolute Gasteiger partial charge is 0.396 e. The summed E-state index contributed by atoms with van der Waals surface area (Å²) in [5.74, 6) is 0.848. The number of fused-ring (bicyclic) bond motifs is 1. The topological polar surface area (TPSA) is 63.8 Å². The molecule has 2 atom stereocenters. The summed E-state index contributed by atoms with van der Waals surface area (Å²) < 4.78 is 1.99. The van der Waals surface area contributed by atoms with E-state index >= 15 is 0 Å². The van der Waals surface area contributed by atoms with Crippen LogP contribution in [0.1, 0.15) is 18.3 Å². The van der Waals surface area contributed by atoms with Crippen LogP contribution in [0.5, 0.6) is 0 Å². The summed E-state index contributed by atoms with van der Waals surface area (Å²) >= 11 is 6.05. The van der Waals surface area contributed by atoms with Crippen LogP contribution in [0.25, 0.3) is 11.2 Å². The Morgan fingerprint density at radius 1 is 1.44 bits per heavy atom. The average Bonchev–Trinajstić information content (AvgIpc) is 2.93. The second-order valence-corrected chi connectivity index (χ2v) is 4.87. The molecule has 5 nitrogen and oxygen atoms in total. The number of aromatic nitrogens is 4. The molecule has 2 aromatic rings. The van der Waals surface area contributed by atoms with Crippen molar-refractivity contribution < 1.29 is 5.11 Å². The maximum Gasteiger partial charge on any atom is 0.165 e. The second kappa shape index (κ2) is 4.33. The van der Waals surface area contributed by atoms with Crippen LogP contribution in [0.3, 0.4) is 0 Å². The third-order valence-corrected chi connectivity index (χ3v) is 3.50. The summed E-state index contributed by atoms with van der Waals surface area (Å²) in [7, 11) is 0. The van der Waals surface area contributed by atoms with Crippen LogP contribution in [0.2, 0.25) is 5.15 Å². The molecule has 0 saturated heterocycles. The molecule has 94 valence electrons. The van der Waals surface area contributed by atoms with Gasteiger partial charge >= 0.3 is 0 Å². The fourth-order valence-corrected chi connectivity index (χ4v) is 2.58. The number of hydrogen-bond donors (Lipinski definition) is 1. The lowest BCUT2D eigenvalue weighted by atomic mass is 10.1. The van der Waals surface area contributed by atoms with Gasteiger partial charge in [-0.25, -0.2) is 15.0 Å². The molecule has 18 heavy (non-hydrogen) atoms. The van der Waals surface area contributed by atoms with E-state index in [2.05, 4.69) is 21.0 Å². The molecule has 0 bridgehead atoms. The predicted octanol–water partition coefficient (Wildman–Crippen LogP) is 1.90. The number of allylic oxidation sites excluding steroid dienone is 1. The lowest BCUT2D eigenvalue weighted by Crippen LogP contribution is -2.08. The number of aliphatic hydroxyl groups excluding tert-OH is 1. The fourth-order valence-electron chi connectivity index (χ4n) is 2.32. The molecule has 3 rings (SSSR count). The summed E-state index contributed by atoms with van der Waals surface area (Å²) in [6.07, 6.45) is 6.71. The van der Waals surface area contributed by atoms with Crippen molar-refractivity contribution in [1.82, 2.24) is 19.5 Å². The Balaban J connectivity index is 2.06. The lowest BCUT2D eigenvalue weighted by Gasteiger charge is -2.12. The van der Waals surface area contributed by atoms with E-state index < -0.39 is 0 Å². The predicted molar refractivity (Wildman–Crippen MR) is 68.4 cm³/mol. The molecule has 0 aliphatic heterocycles. The Morgan fingerprint density at radius 3 is 3.00 bits per heavy atom. The highest BCUT2D eigenvalue weighted by Gasteiger charge is 2.22. The number of aliphatic hydroxyl groups is 1. The molecule has 6 heteroatoms. The summed E-state index contributed by atoms with van der Waals surface area (Å²) in [6, 6.07) is 0.178. The van der Waals surface area contributed by atoms with Crippen molar-refractivity contribution in [3.05, 3.63) is 29.5 Å². The van der Waals surface area contributed by atoms with E-state index in [1.807, 2.05) is 17.6 Å². The summed E-state index contributed by atoms with van der Waals surface area (Å²) in [5, 5.41) is 9.55. The van der Waals surface area contributed by atoms with E-state index in [0.717, 1.165) is 12.1 Å². The van der Waals surface area contributed by atoms with Crippen molar-refractivity contribution in [3.63, 3.8) is 0 Å². The van der Waals surface area contributed by atoms with Gasteiger partial charge in [0.2, 0.25) is 0 Å². The maximum absolute atomic E-state index is 9.16. The Morgan fingerprint density at radius 2 is 2.28 bits per heavy atom. The van der Waals surface area contributed by atoms with Crippen LogP contribution in [-0.4, -0.2) is 31.2 Å². The zero-order valence-electron chi connectivity index (χ0n) is 9.91. The smallest absolute Gasteiger partial charge is 0.165 e. The van der Waals surface area contributed by atoms with Gasteiger partial charge in [0, 0.05) is 12.5 Å². The molecular weight excluding hydrogens is 252 g/mol. The van der Waals surface area contributed by atoms with Crippen LogP contribution in [0.15, 0.2) is 18.5 Å². The SMILES string of the molecule is Cc1nc(Cl)c2ncn([C@H]3C=C[C@@H](CO)C3)c2n1. The van der Waals surface area contributed by atoms with E-state index in [9.17, 15) is 0 Å². The molecule has 0 aromatic carbocycles. The second-order valence-electron chi connectivity index (χ2n) is 4.52. The molecule has 0 saturated carbocycles. The molecule has 0 amide bonds. The Labute approximate surface area is 109 Å². The summed E-state index contributed by atoms with van der Waals surface area (Å²) in [4.78, 5) is 12.8. The van der Waals surface area contributed by atoms with Crippen molar-refractivity contribution in [2.75, 3.05) is 6.61 Å². The normalized spacial score (nSPS) is 23.1. The standard InChI is InChI=1S/C12H13ClN4O/c1-7-15-11(13)10-12(16-7)17(6-14-10)9-3-2-8(4-9)5-18/h2-3,6,8-9,18H,4-5H2,1H3/t8-,9+/m1/s1. The van der Waals surface area contributed by atoms with Crippen LogP contribution in [0.4, 0.5) is 0 Å². The quantitative estimate of drug-likeness (QED) is 0.665. The molecule has 1 aliphatic rings. The van der Waals surface area contributed by atoms with Crippen LogP contribution in [-0.2, 0) is 0 Å². The minimum atomic E-state index is 0.175. The number of rotatable bonds is 2. The zero-order valence-corrected chi connectivity index (χ0v) is 10.7. The molecular formula is C12H13ClN4O. The van der Waals surface area contributed by atoms with Crippen LogP contribution >= 0.6 is 11.6 Å². The van der Waals surface area contributed by atoms with Crippen molar-refractivity contribution in [3.8, 4) is 0 Å². The van der Waals surface area contributed by atoms with Crippen molar-refractivity contribution in [2.45, 2.75) is 19.4 Å². The van der Waals surface area contributed by atoms with Crippen LogP contribution in [0, 0.1) is 12.8 Å². The third-order valence-electron chi connectivity index (χ3n) is 3.23.